The number of unbranched alkanes of at least 4 members (excludes halogenated alkanes) is 1. The SMILES string of the molecule is COCC[N+]1=C(/C=C/C=C/C=C2/N(CCCCC(=O)NCCNC(=O)C(C)O)c3ccc(S(=O)(=O)[O-])cc3C2(C)C)C(C)(C)C2(C)CC=CC=C12. The second-order valence-electron chi connectivity index (χ2n) is 14.7. The quantitative estimate of drug-likeness (QED) is 0.0980. The number of ether oxygens (including phenoxy) is 1. The Morgan fingerprint density at radius 2 is 1.82 bits per heavy atom. The molecule has 0 radical (unpaired) electrons. The van der Waals surface area contributed by atoms with Crippen molar-refractivity contribution in [2.24, 2.45) is 10.8 Å². The lowest BCUT2D eigenvalue weighted by Crippen LogP contribution is -2.38. The first-order valence-corrected chi connectivity index (χ1v) is 19.0. The molecule has 0 aromatic heterocycles. The smallest absolute Gasteiger partial charge is 0.248 e. The summed E-state index contributed by atoms with van der Waals surface area (Å²) in [6, 6.07) is 4.53. The van der Waals surface area contributed by atoms with Crippen LogP contribution in [0, 0.1) is 10.8 Å². The number of hydrogen-bond acceptors (Lipinski definition) is 8. The third-order valence-corrected chi connectivity index (χ3v) is 11.5. The number of carbonyl (C=O) groups excluding carboxylic acids is 2. The van der Waals surface area contributed by atoms with Gasteiger partial charge in [0.05, 0.1) is 15.7 Å². The molecule has 2 aliphatic heterocycles. The van der Waals surface area contributed by atoms with E-state index in [1.54, 1.807) is 13.2 Å². The number of hydrogen-bond donors (Lipinski definition) is 3. The molecule has 51 heavy (non-hydrogen) atoms. The zero-order valence-electron chi connectivity index (χ0n) is 31.0. The normalized spacial score (nSPS) is 22.1. The van der Waals surface area contributed by atoms with Crippen molar-refractivity contribution in [1.82, 2.24) is 10.6 Å². The topological polar surface area (TPSA) is 151 Å². The van der Waals surface area contributed by atoms with Crippen molar-refractivity contribution in [1.29, 1.82) is 0 Å². The second-order valence-corrected chi connectivity index (χ2v) is 16.0. The fraction of sp³-hybridized carbons (Fsp3) is 0.513. The molecule has 0 spiro atoms. The molecule has 0 saturated carbocycles. The number of benzene rings is 1. The number of aliphatic hydroxyl groups is 1. The van der Waals surface area contributed by atoms with Gasteiger partial charge in [0.2, 0.25) is 11.8 Å². The summed E-state index contributed by atoms with van der Waals surface area (Å²) in [5.74, 6) is -0.624. The predicted molar refractivity (Wildman–Crippen MR) is 198 cm³/mol. The molecule has 0 fully saturated rings. The third-order valence-electron chi connectivity index (χ3n) is 10.6. The van der Waals surface area contributed by atoms with Crippen molar-refractivity contribution < 1.29 is 37.0 Å². The molecule has 0 bridgehead atoms. The number of amides is 2. The molecular weight excluding hydrogens is 669 g/mol. The fourth-order valence-electron chi connectivity index (χ4n) is 7.27. The highest BCUT2D eigenvalue weighted by Gasteiger charge is 2.59. The summed E-state index contributed by atoms with van der Waals surface area (Å²) >= 11 is 0. The number of fused-ring (bicyclic) bond motifs is 2. The van der Waals surface area contributed by atoms with Crippen molar-refractivity contribution in [3.8, 4) is 0 Å². The van der Waals surface area contributed by atoms with E-state index in [9.17, 15) is 27.7 Å². The van der Waals surface area contributed by atoms with Crippen molar-refractivity contribution in [3.05, 3.63) is 83.8 Å². The molecule has 1 aromatic rings. The van der Waals surface area contributed by atoms with Crippen LogP contribution in [0.2, 0.25) is 0 Å². The van der Waals surface area contributed by atoms with Gasteiger partial charge in [0.25, 0.3) is 0 Å². The Kier molecular flexibility index (Phi) is 12.7. The zero-order chi connectivity index (χ0) is 37.6. The average Bonchev–Trinajstić information content (AvgIpc) is 3.38. The Morgan fingerprint density at radius 3 is 2.51 bits per heavy atom. The van der Waals surface area contributed by atoms with Crippen molar-refractivity contribution >= 4 is 33.3 Å². The van der Waals surface area contributed by atoms with Crippen LogP contribution < -0.4 is 15.5 Å². The Hall–Kier alpha value is -3.84. The van der Waals surface area contributed by atoms with E-state index in [1.165, 1.54) is 30.5 Å². The van der Waals surface area contributed by atoms with E-state index >= 15 is 0 Å². The fourth-order valence-corrected chi connectivity index (χ4v) is 7.77. The largest absolute Gasteiger partial charge is 0.744 e. The van der Waals surface area contributed by atoms with Gasteiger partial charge in [-0.1, -0.05) is 44.2 Å². The van der Waals surface area contributed by atoms with Gasteiger partial charge < -0.3 is 29.9 Å². The van der Waals surface area contributed by atoms with Crippen LogP contribution in [-0.4, -0.2) is 86.2 Å². The van der Waals surface area contributed by atoms with Gasteiger partial charge in [-0.15, -0.1) is 0 Å². The molecule has 2 unspecified atom stereocenters. The van der Waals surface area contributed by atoms with E-state index in [-0.39, 0.29) is 34.7 Å². The molecule has 3 aliphatic rings. The van der Waals surface area contributed by atoms with Gasteiger partial charge in [0.15, 0.2) is 18.0 Å². The molecule has 278 valence electrons. The average molecular weight is 723 g/mol. The number of allylic oxidation sites excluding steroid dienone is 10. The monoisotopic (exact) mass is 722 g/mol. The van der Waals surface area contributed by atoms with Crippen LogP contribution in [0.4, 0.5) is 5.69 Å². The first-order chi connectivity index (χ1) is 24.0. The van der Waals surface area contributed by atoms with E-state index in [1.807, 2.05) is 32.1 Å². The summed E-state index contributed by atoms with van der Waals surface area (Å²) in [5, 5.41) is 14.6. The summed E-state index contributed by atoms with van der Waals surface area (Å²) in [5.41, 5.74) is 4.32. The molecule has 2 amide bonds. The van der Waals surface area contributed by atoms with Crippen LogP contribution in [0.15, 0.2) is 83.1 Å². The van der Waals surface area contributed by atoms with Crippen molar-refractivity contribution in [2.45, 2.75) is 83.6 Å². The summed E-state index contributed by atoms with van der Waals surface area (Å²) in [6.07, 6.45) is 18.3. The molecule has 2 heterocycles. The number of nitrogens with zero attached hydrogens (tertiary/aromatic N) is 2. The summed E-state index contributed by atoms with van der Waals surface area (Å²) in [4.78, 5) is 25.8. The standard InChI is InChI=1S/C39H54N4O7S/c1-28(44)36(46)41-23-22-40-35(45)18-12-14-24-42-31-20-19-29(51(47,48)49)27-30(31)37(2,3)32(42)15-9-8-10-16-33-38(4,5)39(6)21-13-11-17-34(39)43(33)25-26-50-7/h8-11,13,15-17,19-20,27-28,44H,12,14,18,21-26H2,1-7H3,(H2-,40,41,45,46,47,48,49). The number of carbonyl (C=O) groups is 2. The van der Waals surface area contributed by atoms with E-state index in [0.29, 0.717) is 32.4 Å². The summed E-state index contributed by atoms with van der Waals surface area (Å²) in [6.45, 7) is 14.8. The first kappa shape index (κ1) is 39.9. The van der Waals surface area contributed by atoms with Gasteiger partial charge in [-0.2, -0.15) is 4.58 Å². The lowest BCUT2D eigenvalue weighted by molar-refractivity contribution is -0.482. The first-order valence-electron chi connectivity index (χ1n) is 17.6. The zero-order valence-corrected chi connectivity index (χ0v) is 31.8. The van der Waals surface area contributed by atoms with Crippen LogP contribution in [-0.2, 0) is 29.9 Å². The Balaban J connectivity index is 1.52. The Morgan fingerprint density at radius 1 is 1.10 bits per heavy atom. The van der Waals surface area contributed by atoms with E-state index in [2.05, 4.69) is 71.3 Å². The molecule has 12 heteroatoms. The van der Waals surface area contributed by atoms with Crippen LogP contribution >= 0.6 is 0 Å². The number of anilines is 1. The number of aliphatic hydroxyl groups excluding tert-OH is 1. The summed E-state index contributed by atoms with van der Waals surface area (Å²) < 4.78 is 43.6. The minimum absolute atomic E-state index is 0.0329. The lowest BCUT2D eigenvalue weighted by Gasteiger charge is -2.35. The van der Waals surface area contributed by atoms with Crippen LogP contribution in [0.1, 0.15) is 72.8 Å². The second kappa shape index (κ2) is 16.2. The highest BCUT2D eigenvalue weighted by atomic mass is 32.2. The van der Waals surface area contributed by atoms with Gasteiger partial charge >= 0.3 is 0 Å². The molecule has 1 aromatic carbocycles. The molecule has 11 nitrogen and oxygen atoms in total. The molecule has 0 saturated heterocycles. The van der Waals surface area contributed by atoms with Crippen LogP contribution in [0.5, 0.6) is 0 Å². The molecule has 1 aliphatic carbocycles. The van der Waals surface area contributed by atoms with E-state index < -0.39 is 27.5 Å². The predicted octanol–water partition coefficient (Wildman–Crippen LogP) is 4.46. The van der Waals surface area contributed by atoms with Gasteiger partial charge in [0.1, 0.15) is 22.8 Å². The Bertz CT molecular complexity index is 1780. The van der Waals surface area contributed by atoms with E-state index in [0.717, 1.165) is 29.9 Å². The maximum atomic E-state index is 12.4. The third kappa shape index (κ3) is 8.63. The molecule has 2 atom stereocenters. The Labute approximate surface area is 303 Å². The van der Waals surface area contributed by atoms with E-state index in [4.69, 9.17) is 4.74 Å². The van der Waals surface area contributed by atoms with Crippen molar-refractivity contribution in [2.75, 3.05) is 44.8 Å². The highest BCUT2D eigenvalue weighted by Crippen LogP contribution is 2.55. The molecular formula is C39H54N4O7S. The number of nitrogens with one attached hydrogen (secondary N) is 2. The van der Waals surface area contributed by atoms with Gasteiger partial charge in [-0.05, 0) is 76.8 Å². The molecule has 4 rings (SSSR count). The minimum atomic E-state index is -4.64. The maximum Gasteiger partial charge on any atom is 0.248 e. The molecule has 3 N–H and O–H groups in total. The van der Waals surface area contributed by atoms with Crippen LogP contribution in [0.3, 0.4) is 0 Å². The highest BCUT2D eigenvalue weighted by molar-refractivity contribution is 7.85. The van der Waals surface area contributed by atoms with Gasteiger partial charge in [-0.3, -0.25) is 9.59 Å². The van der Waals surface area contributed by atoms with Gasteiger partial charge in [0, 0.05) is 62.1 Å². The lowest BCUT2D eigenvalue weighted by atomic mass is 9.62. The summed E-state index contributed by atoms with van der Waals surface area (Å²) in [7, 11) is -2.92. The number of methoxy groups -OCH3 is 1. The van der Waals surface area contributed by atoms with Crippen molar-refractivity contribution in [3.63, 3.8) is 0 Å². The van der Waals surface area contributed by atoms with Crippen LogP contribution in [0.25, 0.3) is 0 Å². The minimum Gasteiger partial charge on any atom is -0.744 e. The van der Waals surface area contributed by atoms with Gasteiger partial charge in [-0.25, -0.2) is 8.42 Å². The maximum absolute atomic E-state index is 12.4. The number of rotatable bonds is 16.